The van der Waals surface area contributed by atoms with Crippen LogP contribution >= 0.6 is 0 Å². The van der Waals surface area contributed by atoms with E-state index in [-0.39, 0.29) is 24.4 Å². The predicted molar refractivity (Wildman–Crippen MR) is 119 cm³/mol. The Hall–Kier alpha value is -2.71. The molecule has 0 spiro atoms. The molecular formula is C23H29FN4O3. The number of nitrogens with one attached hydrogen (secondary N) is 1. The van der Waals surface area contributed by atoms with Crippen molar-refractivity contribution in [3.8, 4) is 0 Å². The number of rotatable bonds is 8. The maximum absolute atomic E-state index is 15.2. The first kappa shape index (κ1) is 21.5. The molecule has 1 saturated heterocycles. The average molecular weight is 429 g/mol. The van der Waals surface area contributed by atoms with Gasteiger partial charge in [-0.05, 0) is 25.3 Å². The number of nitro groups is 1. The first-order valence-corrected chi connectivity index (χ1v) is 10.8. The second-order valence-corrected chi connectivity index (χ2v) is 8.44. The summed E-state index contributed by atoms with van der Waals surface area (Å²) in [6, 6.07) is 11.8. The Bertz CT molecular complexity index is 936. The Morgan fingerprint density at radius 2 is 2.00 bits per heavy atom. The third-order valence-corrected chi connectivity index (χ3v) is 6.05. The topological polar surface area (TPSA) is 70.9 Å². The van der Waals surface area contributed by atoms with E-state index in [0.717, 1.165) is 32.0 Å². The van der Waals surface area contributed by atoms with Gasteiger partial charge in [-0.2, -0.15) is 0 Å². The molecule has 7 nitrogen and oxygen atoms in total. The van der Waals surface area contributed by atoms with Crippen molar-refractivity contribution in [1.82, 2.24) is 4.90 Å². The summed E-state index contributed by atoms with van der Waals surface area (Å²) < 4.78 is 20.6. The molecule has 8 heteroatoms. The second kappa shape index (κ2) is 9.20. The van der Waals surface area contributed by atoms with E-state index in [4.69, 9.17) is 4.74 Å². The summed E-state index contributed by atoms with van der Waals surface area (Å²) in [7, 11) is 1.53. The van der Waals surface area contributed by atoms with E-state index in [0.29, 0.717) is 30.0 Å². The van der Waals surface area contributed by atoms with Gasteiger partial charge in [-0.1, -0.05) is 30.3 Å². The minimum atomic E-state index is -0.566. The minimum absolute atomic E-state index is 0.113. The monoisotopic (exact) mass is 428 g/mol. The molecule has 0 bridgehead atoms. The van der Waals surface area contributed by atoms with Gasteiger partial charge in [-0.25, -0.2) is 4.39 Å². The SMILES string of the molecule is COCc1c(NC2CC2)c([N+](=O)[O-])cc(F)c1N1CCN(Cc2ccccc2)C(C)C1. The first-order valence-electron chi connectivity index (χ1n) is 10.8. The molecule has 0 amide bonds. The fourth-order valence-electron chi connectivity index (χ4n) is 4.29. The van der Waals surface area contributed by atoms with Crippen molar-refractivity contribution >= 4 is 17.1 Å². The van der Waals surface area contributed by atoms with Gasteiger partial charge in [0.05, 0.1) is 23.3 Å². The van der Waals surface area contributed by atoms with Gasteiger partial charge >= 0.3 is 0 Å². The van der Waals surface area contributed by atoms with Gasteiger partial charge in [-0.3, -0.25) is 15.0 Å². The number of benzene rings is 2. The van der Waals surface area contributed by atoms with Crippen molar-refractivity contribution in [3.63, 3.8) is 0 Å². The molecule has 1 aliphatic carbocycles. The maximum atomic E-state index is 15.2. The molecule has 2 fully saturated rings. The Morgan fingerprint density at radius 1 is 1.26 bits per heavy atom. The molecule has 2 aliphatic rings. The van der Waals surface area contributed by atoms with E-state index >= 15 is 4.39 Å². The molecular weight excluding hydrogens is 399 g/mol. The van der Waals surface area contributed by atoms with Gasteiger partial charge in [0.2, 0.25) is 0 Å². The average Bonchev–Trinajstić information content (AvgIpc) is 3.56. The van der Waals surface area contributed by atoms with Crippen LogP contribution in [0.4, 0.5) is 21.5 Å². The number of hydrogen-bond donors (Lipinski definition) is 1. The van der Waals surface area contributed by atoms with Crippen LogP contribution in [0.3, 0.4) is 0 Å². The number of halogens is 1. The van der Waals surface area contributed by atoms with Crippen molar-refractivity contribution < 1.29 is 14.1 Å². The van der Waals surface area contributed by atoms with Crippen molar-refractivity contribution in [2.24, 2.45) is 0 Å². The van der Waals surface area contributed by atoms with E-state index in [1.165, 1.54) is 12.7 Å². The number of ether oxygens (including phenoxy) is 1. The fourth-order valence-corrected chi connectivity index (χ4v) is 4.29. The Labute approximate surface area is 181 Å². The summed E-state index contributed by atoms with van der Waals surface area (Å²) in [5.74, 6) is -0.566. The summed E-state index contributed by atoms with van der Waals surface area (Å²) in [5, 5.41) is 14.9. The maximum Gasteiger partial charge on any atom is 0.295 e. The Morgan fingerprint density at radius 3 is 2.61 bits per heavy atom. The van der Waals surface area contributed by atoms with E-state index in [9.17, 15) is 10.1 Å². The van der Waals surface area contributed by atoms with Crippen molar-refractivity contribution in [2.75, 3.05) is 37.0 Å². The highest BCUT2D eigenvalue weighted by atomic mass is 19.1. The summed E-state index contributed by atoms with van der Waals surface area (Å²) in [6.07, 6.45) is 1.93. The molecule has 2 aromatic rings. The number of nitro benzene ring substituents is 1. The zero-order chi connectivity index (χ0) is 22.0. The van der Waals surface area contributed by atoms with E-state index < -0.39 is 10.7 Å². The lowest BCUT2D eigenvalue weighted by molar-refractivity contribution is -0.384. The molecule has 1 atom stereocenters. The van der Waals surface area contributed by atoms with Crippen LogP contribution in [0.1, 0.15) is 30.9 Å². The van der Waals surface area contributed by atoms with Gasteiger partial charge < -0.3 is 15.0 Å². The predicted octanol–water partition coefficient (Wildman–Crippen LogP) is 4.17. The van der Waals surface area contributed by atoms with Crippen molar-refractivity contribution in [2.45, 2.75) is 45.0 Å². The standard InChI is InChI=1S/C23H29FN4O3/c1-16-13-27(11-10-26(16)14-17-6-4-3-5-7-17)23-19(15-31-2)22(25-18-8-9-18)21(28(29)30)12-20(23)24/h3-7,12,16,18,25H,8-11,13-15H2,1-2H3. The number of piperazine rings is 1. The van der Waals surface area contributed by atoms with Crippen LogP contribution in [0.2, 0.25) is 0 Å². The van der Waals surface area contributed by atoms with Crippen LogP contribution in [-0.4, -0.2) is 48.7 Å². The fraction of sp³-hybridized carbons (Fsp3) is 0.478. The van der Waals surface area contributed by atoms with Gasteiger partial charge in [0.1, 0.15) is 5.69 Å². The summed E-state index contributed by atoms with van der Waals surface area (Å²) >= 11 is 0. The van der Waals surface area contributed by atoms with Crippen LogP contribution in [-0.2, 0) is 17.9 Å². The lowest BCUT2D eigenvalue weighted by Gasteiger charge is -2.42. The molecule has 1 aliphatic heterocycles. The van der Waals surface area contributed by atoms with Gasteiger partial charge in [0.25, 0.3) is 5.69 Å². The van der Waals surface area contributed by atoms with Gasteiger partial charge in [0.15, 0.2) is 5.82 Å². The van der Waals surface area contributed by atoms with Gasteiger partial charge in [0, 0.05) is 50.9 Å². The minimum Gasteiger partial charge on any atom is -0.380 e. The van der Waals surface area contributed by atoms with E-state index in [1.54, 1.807) is 0 Å². The third-order valence-electron chi connectivity index (χ3n) is 6.05. The zero-order valence-electron chi connectivity index (χ0n) is 18.0. The molecule has 2 aromatic carbocycles. The number of nitrogens with zero attached hydrogens (tertiary/aromatic N) is 3. The molecule has 166 valence electrons. The number of methoxy groups -OCH3 is 1. The van der Waals surface area contributed by atoms with Crippen LogP contribution < -0.4 is 10.2 Å². The molecule has 31 heavy (non-hydrogen) atoms. The molecule has 0 aromatic heterocycles. The largest absolute Gasteiger partial charge is 0.380 e. The van der Waals surface area contributed by atoms with Crippen molar-refractivity contribution in [3.05, 3.63) is 63.5 Å². The number of anilines is 2. The van der Waals surface area contributed by atoms with Crippen LogP contribution in [0.25, 0.3) is 0 Å². The highest BCUT2D eigenvalue weighted by Gasteiger charge is 2.33. The van der Waals surface area contributed by atoms with Crippen LogP contribution in [0, 0.1) is 15.9 Å². The molecule has 1 heterocycles. The molecule has 1 saturated carbocycles. The molecule has 1 unspecified atom stereocenters. The highest BCUT2D eigenvalue weighted by molar-refractivity contribution is 5.77. The third kappa shape index (κ3) is 4.80. The smallest absolute Gasteiger partial charge is 0.295 e. The lowest BCUT2D eigenvalue weighted by atomic mass is 10.0. The quantitative estimate of drug-likeness (QED) is 0.503. The number of hydrogen-bond acceptors (Lipinski definition) is 6. The first-order chi connectivity index (χ1) is 15.0. The molecule has 0 radical (unpaired) electrons. The summed E-state index contributed by atoms with van der Waals surface area (Å²) in [5.41, 5.74) is 2.37. The van der Waals surface area contributed by atoms with Gasteiger partial charge in [-0.15, -0.1) is 0 Å². The molecule has 4 rings (SSSR count). The normalized spacial score (nSPS) is 19.5. The lowest BCUT2D eigenvalue weighted by Crippen LogP contribution is -2.52. The van der Waals surface area contributed by atoms with E-state index in [2.05, 4.69) is 29.3 Å². The summed E-state index contributed by atoms with van der Waals surface area (Å²) in [4.78, 5) is 15.5. The Balaban J connectivity index is 1.62. The Kier molecular flexibility index (Phi) is 6.38. The summed E-state index contributed by atoms with van der Waals surface area (Å²) in [6.45, 7) is 5.16. The van der Waals surface area contributed by atoms with Crippen LogP contribution in [0.15, 0.2) is 36.4 Å². The molecule has 1 N–H and O–H groups in total. The van der Waals surface area contributed by atoms with E-state index in [1.807, 2.05) is 23.1 Å². The van der Waals surface area contributed by atoms with Crippen LogP contribution in [0.5, 0.6) is 0 Å². The zero-order valence-corrected chi connectivity index (χ0v) is 18.0. The van der Waals surface area contributed by atoms with Crippen molar-refractivity contribution in [1.29, 1.82) is 0 Å². The highest BCUT2D eigenvalue weighted by Crippen LogP contribution is 2.41. The second-order valence-electron chi connectivity index (χ2n) is 8.44.